The summed E-state index contributed by atoms with van der Waals surface area (Å²) in [7, 11) is 0. The Balaban J connectivity index is 1.67. The minimum absolute atomic E-state index is 1.06. The number of aromatic nitrogens is 2. The van der Waals surface area contributed by atoms with Crippen LogP contribution in [0.15, 0.2) is 66.7 Å². The van der Waals surface area contributed by atoms with Gasteiger partial charge in [-0.1, -0.05) is 56.0 Å². The quantitative estimate of drug-likeness (QED) is 0.185. The summed E-state index contributed by atoms with van der Waals surface area (Å²) in [4.78, 5) is 0. The summed E-state index contributed by atoms with van der Waals surface area (Å²) in [5.74, 6) is 0. The highest BCUT2D eigenvalue weighted by Crippen LogP contribution is 2.23. The van der Waals surface area contributed by atoms with E-state index in [4.69, 9.17) is 0 Å². The molecule has 2 nitrogen and oxygen atoms in total. The SMILES string of the molecule is CCCCCCC[n+]1c(/C=C/c2cc(C)n(-c3ccccc3)c2C)ccc2cc(C)ccc21. The molecule has 0 spiro atoms. The molecule has 0 N–H and O–H groups in total. The lowest BCUT2D eigenvalue weighted by molar-refractivity contribution is -0.673. The Morgan fingerprint density at radius 2 is 1.58 bits per heavy atom. The lowest BCUT2D eigenvalue weighted by Crippen LogP contribution is -2.38. The van der Waals surface area contributed by atoms with Crippen LogP contribution in [-0.2, 0) is 6.54 Å². The van der Waals surface area contributed by atoms with Gasteiger partial charge in [-0.15, -0.1) is 0 Å². The van der Waals surface area contributed by atoms with Crippen molar-refractivity contribution in [2.75, 3.05) is 0 Å². The van der Waals surface area contributed by atoms with Gasteiger partial charge in [0.05, 0.1) is 0 Å². The number of pyridine rings is 1. The molecular formula is C31H37N2+. The number of hydrogen-bond donors (Lipinski definition) is 0. The van der Waals surface area contributed by atoms with E-state index < -0.39 is 0 Å². The Morgan fingerprint density at radius 3 is 2.36 bits per heavy atom. The number of aryl methyl sites for hydroxylation is 3. The summed E-state index contributed by atoms with van der Waals surface area (Å²) in [6.07, 6.45) is 11.1. The van der Waals surface area contributed by atoms with Crippen LogP contribution < -0.4 is 4.57 Å². The highest BCUT2D eigenvalue weighted by Gasteiger charge is 2.15. The van der Waals surface area contributed by atoms with Crippen LogP contribution in [0.1, 0.15) is 67.2 Å². The second-order valence-corrected chi connectivity index (χ2v) is 9.22. The maximum absolute atomic E-state index is 2.51. The highest BCUT2D eigenvalue weighted by molar-refractivity contribution is 5.78. The fourth-order valence-corrected chi connectivity index (χ4v) is 4.83. The van der Waals surface area contributed by atoms with Crippen molar-refractivity contribution in [3.8, 4) is 5.69 Å². The lowest BCUT2D eigenvalue weighted by atomic mass is 10.1. The lowest BCUT2D eigenvalue weighted by Gasteiger charge is -2.09. The molecule has 4 rings (SSSR count). The van der Waals surface area contributed by atoms with E-state index in [1.54, 1.807) is 0 Å². The van der Waals surface area contributed by atoms with E-state index >= 15 is 0 Å². The molecule has 2 aromatic carbocycles. The van der Waals surface area contributed by atoms with Crippen molar-refractivity contribution in [2.24, 2.45) is 0 Å². The Kier molecular flexibility index (Phi) is 7.44. The van der Waals surface area contributed by atoms with Crippen LogP contribution >= 0.6 is 0 Å². The first-order chi connectivity index (χ1) is 16.1. The van der Waals surface area contributed by atoms with Crippen molar-refractivity contribution >= 4 is 23.1 Å². The first-order valence-electron chi connectivity index (χ1n) is 12.4. The summed E-state index contributed by atoms with van der Waals surface area (Å²) < 4.78 is 4.85. The monoisotopic (exact) mass is 437 g/mol. The molecule has 0 aliphatic rings. The third-order valence-corrected chi connectivity index (χ3v) is 6.62. The zero-order chi connectivity index (χ0) is 23.2. The molecular weight excluding hydrogens is 400 g/mol. The molecule has 2 heteroatoms. The van der Waals surface area contributed by atoms with Crippen LogP contribution in [0.3, 0.4) is 0 Å². The van der Waals surface area contributed by atoms with Gasteiger partial charge in [0.15, 0.2) is 0 Å². The minimum atomic E-state index is 1.06. The summed E-state index contributed by atoms with van der Waals surface area (Å²) in [6, 6.07) is 24.3. The fourth-order valence-electron chi connectivity index (χ4n) is 4.83. The van der Waals surface area contributed by atoms with E-state index in [0.29, 0.717) is 0 Å². The van der Waals surface area contributed by atoms with E-state index in [-0.39, 0.29) is 0 Å². The molecule has 2 heterocycles. The van der Waals surface area contributed by atoms with Gasteiger partial charge in [0.2, 0.25) is 11.2 Å². The molecule has 0 radical (unpaired) electrons. The summed E-state index contributed by atoms with van der Waals surface area (Å²) in [5.41, 5.74) is 8.94. The summed E-state index contributed by atoms with van der Waals surface area (Å²) >= 11 is 0. The molecule has 33 heavy (non-hydrogen) atoms. The van der Waals surface area contributed by atoms with E-state index in [2.05, 4.69) is 116 Å². The van der Waals surface area contributed by atoms with Crippen LogP contribution in [0.5, 0.6) is 0 Å². The van der Waals surface area contributed by atoms with E-state index in [1.165, 1.54) is 76.9 Å². The van der Waals surface area contributed by atoms with Gasteiger partial charge in [0.1, 0.15) is 6.54 Å². The van der Waals surface area contributed by atoms with Crippen molar-refractivity contribution in [1.29, 1.82) is 0 Å². The topological polar surface area (TPSA) is 8.81 Å². The predicted octanol–water partition coefficient (Wildman–Crippen LogP) is 7.98. The highest BCUT2D eigenvalue weighted by atomic mass is 15.0. The fraction of sp³-hybridized carbons (Fsp3) is 0.323. The Morgan fingerprint density at radius 1 is 0.788 bits per heavy atom. The van der Waals surface area contributed by atoms with Crippen molar-refractivity contribution < 1.29 is 4.57 Å². The third-order valence-electron chi connectivity index (χ3n) is 6.62. The van der Waals surface area contributed by atoms with Crippen molar-refractivity contribution in [3.63, 3.8) is 0 Å². The van der Waals surface area contributed by atoms with E-state index in [0.717, 1.165) is 6.54 Å². The van der Waals surface area contributed by atoms with E-state index in [9.17, 15) is 0 Å². The average Bonchev–Trinajstić information content (AvgIpc) is 3.11. The van der Waals surface area contributed by atoms with E-state index in [1.807, 2.05) is 0 Å². The molecule has 0 fully saturated rings. The predicted molar refractivity (Wildman–Crippen MR) is 142 cm³/mol. The molecule has 0 saturated carbocycles. The standard InChI is InChI=1S/C31H37N2/c1-5-6-7-8-12-21-32-29(19-17-28-22-24(2)15-20-31(28)32)18-16-27-23-25(3)33(26(27)4)30-13-10-9-11-14-30/h9-11,13-20,22-23H,5-8,12,21H2,1-4H3/q+1. The zero-order valence-electron chi connectivity index (χ0n) is 20.6. The number of benzene rings is 2. The second-order valence-electron chi connectivity index (χ2n) is 9.22. The van der Waals surface area contributed by atoms with Gasteiger partial charge in [-0.3, -0.25) is 0 Å². The second kappa shape index (κ2) is 10.7. The van der Waals surface area contributed by atoms with Gasteiger partial charge < -0.3 is 4.57 Å². The van der Waals surface area contributed by atoms with Gasteiger partial charge >= 0.3 is 0 Å². The average molecular weight is 438 g/mol. The van der Waals surface area contributed by atoms with Gasteiger partial charge in [-0.05, 0) is 69.2 Å². The number of rotatable bonds is 9. The zero-order valence-corrected chi connectivity index (χ0v) is 20.6. The summed E-state index contributed by atoms with van der Waals surface area (Å²) in [5, 5.41) is 1.32. The van der Waals surface area contributed by atoms with Crippen molar-refractivity contribution in [2.45, 2.75) is 66.3 Å². The third kappa shape index (κ3) is 5.27. The first-order valence-corrected chi connectivity index (χ1v) is 12.4. The smallest absolute Gasteiger partial charge is 0.212 e. The largest absolute Gasteiger partial charge is 0.318 e. The summed E-state index contributed by atoms with van der Waals surface area (Å²) in [6.45, 7) is 9.91. The minimum Gasteiger partial charge on any atom is -0.318 e. The van der Waals surface area contributed by atoms with Crippen LogP contribution in [-0.4, -0.2) is 4.57 Å². The normalized spacial score (nSPS) is 11.6. The Labute approximate surface area is 199 Å². The molecule has 4 aromatic rings. The maximum atomic E-state index is 2.51. The first kappa shape index (κ1) is 23.0. The van der Waals surface area contributed by atoms with Gasteiger partial charge in [0.25, 0.3) is 0 Å². The van der Waals surface area contributed by atoms with Crippen LogP contribution in [0.2, 0.25) is 0 Å². The van der Waals surface area contributed by atoms with Gasteiger partial charge in [-0.25, -0.2) is 0 Å². The van der Waals surface area contributed by atoms with Crippen molar-refractivity contribution in [1.82, 2.24) is 4.57 Å². The molecule has 0 unspecified atom stereocenters. The van der Waals surface area contributed by atoms with Crippen LogP contribution in [0, 0.1) is 20.8 Å². The number of hydrogen-bond acceptors (Lipinski definition) is 0. The molecule has 0 saturated heterocycles. The van der Waals surface area contributed by atoms with Crippen LogP contribution in [0.25, 0.3) is 28.7 Å². The molecule has 0 aliphatic heterocycles. The van der Waals surface area contributed by atoms with Gasteiger partial charge in [-0.2, -0.15) is 4.57 Å². The number of fused-ring (bicyclic) bond motifs is 1. The molecule has 0 bridgehead atoms. The van der Waals surface area contributed by atoms with Crippen molar-refractivity contribution in [3.05, 3.63) is 94.9 Å². The number of nitrogens with zero attached hydrogens (tertiary/aromatic N) is 2. The number of unbranched alkanes of at least 4 members (excludes halogenated alkanes) is 4. The number of para-hydroxylation sites is 1. The maximum Gasteiger partial charge on any atom is 0.212 e. The van der Waals surface area contributed by atoms with Gasteiger partial charge in [0, 0.05) is 47.1 Å². The molecule has 2 aromatic heterocycles. The molecule has 0 amide bonds. The Bertz CT molecular complexity index is 1250. The molecule has 170 valence electrons. The van der Waals surface area contributed by atoms with Crippen LogP contribution in [0.4, 0.5) is 0 Å². The molecule has 0 atom stereocenters. The Hall–Kier alpha value is -3.13. The molecule has 0 aliphatic carbocycles.